The first kappa shape index (κ1) is 17.1. The largest absolute Gasteiger partial charge is 0.448 e. The van der Waals surface area contributed by atoms with Crippen molar-refractivity contribution in [3.05, 3.63) is 59.7 Å². The molecule has 2 atom stereocenters. The van der Waals surface area contributed by atoms with Crippen LogP contribution in [0, 0.1) is 0 Å². The fourth-order valence-corrected chi connectivity index (χ4v) is 4.36. The lowest BCUT2D eigenvalue weighted by Gasteiger charge is -2.36. The van der Waals surface area contributed by atoms with Crippen LogP contribution in [0.4, 0.5) is 4.79 Å². The number of benzene rings is 2. The number of aliphatic hydroxyl groups is 1. The molecule has 1 aliphatic carbocycles. The second-order valence-electron chi connectivity index (χ2n) is 7.30. The van der Waals surface area contributed by atoms with Crippen molar-refractivity contribution in [3.8, 4) is 11.1 Å². The van der Waals surface area contributed by atoms with Crippen molar-refractivity contribution < 1.29 is 14.6 Å². The number of aliphatic hydroxyl groups excluding tert-OH is 1. The lowest BCUT2D eigenvalue weighted by Crippen LogP contribution is -2.49. The third kappa shape index (κ3) is 2.99. The van der Waals surface area contributed by atoms with Crippen LogP contribution in [0.1, 0.15) is 43.2 Å². The van der Waals surface area contributed by atoms with E-state index in [0.29, 0.717) is 13.2 Å². The smallest absolute Gasteiger partial charge is 0.410 e. The summed E-state index contributed by atoms with van der Waals surface area (Å²) in [7, 11) is 0. The summed E-state index contributed by atoms with van der Waals surface area (Å²) in [6, 6.07) is 16.5. The monoisotopic (exact) mass is 351 g/mol. The molecular weight excluding hydrogens is 326 g/mol. The van der Waals surface area contributed by atoms with Crippen molar-refractivity contribution in [2.24, 2.45) is 0 Å². The van der Waals surface area contributed by atoms with Crippen molar-refractivity contribution in [2.45, 2.75) is 44.2 Å². The maximum Gasteiger partial charge on any atom is 0.410 e. The van der Waals surface area contributed by atoms with Gasteiger partial charge in [0.2, 0.25) is 0 Å². The minimum absolute atomic E-state index is 0.0705. The number of piperidine rings is 1. The Morgan fingerprint density at radius 3 is 2.35 bits per heavy atom. The molecule has 26 heavy (non-hydrogen) atoms. The molecule has 0 spiro atoms. The highest BCUT2D eigenvalue weighted by Crippen LogP contribution is 2.44. The van der Waals surface area contributed by atoms with Crippen LogP contribution in [-0.2, 0) is 4.74 Å². The summed E-state index contributed by atoms with van der Waals surface area (Å²) >= 11 is 0. The van der Waals surface area contributed by atoms with E-state index in [1.54, 1.807) is 11.8 Å². The SMILES string of the molecule is CC(O)C1CCCCN1C(=O)OCC1c2ccccc2-c2ccccc21. The second-order valence-corrected chi connectivity index (χ2v) is 7.30. The Bertz CT molecular complexity index is 756. The van der Waals surface area contributed by atoms with Crippen LogP contribution in [-0.4, -0.2) is 41.4 Å². The average molecular weight is 351 g/mol. The lowest BCUT2D eigenvalue weighted by molar-refractivity contribution is 0.0231. The molecule has 1 amide bonds. The van der Waals surface area contributed by atoms with Crippen LogP contribution < -0.4 is 0 Å². The highest BCUT2D eigenvalue weighted by Gasteiger charge is 2.33. The zero-order valence-electron chi connectivity index (χ0n) is 15.1. The maximum absolute atomic E-state index is 12.7. The number of nitrogens with zero attached hydrogens (tertiary/aromatic N) is 1. The van der Waals surface area contributed by atoms with Crippen LogP contribution in [0.25, 0.3) is 11.1 Å². The molecule has 2 aromatic rings. The summed E-state index contributed by atoms with van der Waals surface area (Å²) < 4.78 is 5.74. The number of likely N-dealkylation sites (tertiary alicyclic amines) is 1. The fourth-order valence-electron chi connectivity index (χ4n) is 4.36. The van der Waals surface area contributed by atoms with E-state index in [0.717, 1.165) is 19.3 Å². The van der Waals surface area contributed by atoms with Crippen molar-refractivity contribution in [2.75, 3.05) is 13.2 Å². The number of amides is 1. The van der Waals surface area contributed by atoms with E-state index in [2.05, 4.69) is 24.3 Å². The van der Waals surface area contributed by atoms with Gasteiger partial charge in [-0.1, -0.05) is 48.5 Å². The van der Waals surface area contributed by atoms with Crippen LogP contribution in [0.3, 0.4) is 0 Å². The summed E-state index contributed by atoms with van der Waals surface area (Å²) in [6.45, 7) is 2.74. The second kappa shape index (κ2) is 7.12. The molecule has 136 valence electrons. The molecule has 0 aromatic heterocycles. The predicted octanol–water partition coefficient (Wildman–Crippen LogP) is 4.17. The molecule has 0 saturated carbocycles. The number of carbonyl (C=O) groups is 1. The molecule has 4 rings (SSSR count). The zero-order chi connectivity index (χ0) is 18.1. The summed E-state index contributed by atoms with van der Waals surface area (Å²) in [4.78, 5) is 14.4. The van der Waals surface area contributed by atoms with E-state index >= 15 is 0 Å². The van der Waals surface area contributed by atoms with E-state index in [1.165, 1.54) is 22.3 Å². The Balaban J connectivity index is 1.52. The molecule has 1 saturated heterocycles. The van der Waals surface area contributed by atoms with Crippen molar-refractivity contribution >= 4 is 6.09 Å². The molecule has 0 radical (unpaired) electrons. The summed E-state index contributed by atoms with van der Waals surface area (Å²) in [5.41, 5.74) is 4.88. The topological polar surface area (TPSA) is 49.8 Å². The fraction of sp³-hybridized carbons (Fsp3) is 0.409. The number of ether oxygens (including phenoxy) is 1. The maximum atomic E-state index is 12.7. The lowest BCUT2D eigenvalue weighted by atomic mass is 9.98. The van der Waals surface area contributed by atoms with Gasteiger partial charge in [-0.15, -0.1) is 0 Å². The molecule has 1 aliphatic heterocycles. The van der Waals surface area contributed by atoms with Gasteiger partial charge in [0.1, 0.15) is 6.61 Å². The molecule has 1 N–H and O–H groups in total. The summed E-state index contributed by atoms with van der Waals surface area (Å²) in [5.74, 6) is 0.0705. The molecule has 2 unspecified atom stereocenters. The van der Waals surface area contributed by atoms with Gasteiger partial charge in [0.05, 0.1) is 12.1 Å². The number of carbonyl (C=O) groups excluding carboxylic acids is 1. The van der Waals surface area contributed by atoms with Gasteiger partial charge in [-0.3, -0.25) is 0 Å². The van der Waals surface area contributed by atoms with Gasteiger partial charge in [-0.05, 0) is 48.4 Å². The molecule has 2 aliphatic rings. The van der Waals surface area contributed by atoms with Gasteiger partial charge in [0, 0.05) is 12.5 Å². The van der Waals surface area contributed by atoms with E-state index in [1.807, 2.05) is 24.3 Å². The predicted molar refractivity (Wildman–Crippen MR) is 101 cm³/mol. The molecule has 2 aromatic carbocycles. The van der Waals surface area contributed by atoms with Crippen LogP contribution in [0.15, 0.2) is 48.5 Å². The zero-order valence-corrected chi connectivity index (χ0v) is 15.1. The Hall–Kier alpha value is -2.33. The van der Waals surface area contributed by atoms with Gasteiger partial charge in [0.15, 0.2) is 0 Å². The van der Waals surface area contributed by atoms with Gasteiger partial charge >= 0.3 is 6.09 Å². The van der Waals surface area contributed by atoms with E-state index in [4.69, 9.17) is 4.74 Å². The van der Waals surface area contributed by atoms with Crippen LogP contribution in [0.5, 0.6) is 0 Å². The first-order valence-corrected chi connectivity index (χ1v) is 9.46. The van der Waals surface area contributed by atoms with Gasteiger partial charge in [-0.25, -0.2) is 4.79 Å². The number of hydrogen-bond acceptors (Lipinski definition) is 3. The minimum Gasteiger partial charge on any atom is -0.448 e. The third-order valence-corrected chi connectivity index (χ3v) is 5.68. The Morgan fingerprint density at radius 1 is 1.12 bits per heavy atom. The van der Waals surface area contributed by atoms with Crippen molar-refractivity contribution in [1.29, 1.82) is 0 Å². The highest BCUT2D eigenvalue weighted by atomic mass is 16.6. The average Bonchev–Trinajstić information content (AvgIpc) is 3.00. The van der Waals surface area contributed by atoms with Gasteiger partial charge in [-0.2, -0.15) is 0 Å². The standard InChI is InChI=1S/C22H25NO3/c1-15(24)21-12-6-7-13-23(21)22(25)26-14-20-18-10-4-2-8-16(18)17-9-3-5-11-19(17)20/h2-5,8-11,15,20-21,24H,6-7,12-14H2,1H3. The minimum atomic E-state index is -0.532. The first-order valence-electron chi connectivity index (χ1n) is 9.46. The van der Waals surface area contributed by atoms with Crippen molar-refractivity contribution in [3.63, 3.8) is 0 Å². The number of rotatable bonds is 3. The summed E-state index contributed by atoms with van der Waals surface area (Å²) in [5, 5.41) is 9.99. The van der Waals surface area contributed by atoms with Crippen LogP contribution >= 0.6 is 0 Å². The molecule has 0 bridgehead atoms. The highest BCUT2D eigenvalue weighted by molar-refractivity contribution is 5.79. The van der Waals surface area contributed by atoms with Gasteiger partial charge in [0.25, 0.3) is 0 Å². The number of hydrogen-bond donors (Lipinski definition) is 1. The Kier molecular flexibility index (Phi) is 4.68. The molecule has 1 fully saturated rings. The Labute approximate surface area is 154 Å². The quantitative estimate of drug-likeness (QED) is 0.903. The normalized spacial score (nSPS) is 20.4. The molecular formula is C22H25NO3. The third-order valence-electron chi connectivity index (χ3n) is 5.68. The van der Waals surface area contributed by atoms with E-state index in [9.17, 15) is 9.90 Å². The number of fused-ring (bicyclic) bond motifs is 3. The molecule has 4 nitrogen and oxygen atoms in total. The van der Waals surface area contributed by atoms with Gasteiger partial charge < -0.3 is 14.7 Å². The van der Waals surface area contributed by atoms with E-state index in [-0.39, 0.29) is 18.1 Å². The van der Waals surface area contributed by atoms with Crippen LogP contribution in [0.2, 0.25) is 0 Å². The Morgan fingerprint density at radius 2 is 1.73 bits per heavy atom. The first-order chi connectivity index (χ1) is 12.7. The molecule has 4 heteroatoms. The van der Waals surface area contributed by atoms with E-state index < -0.39 is 6.10 Å². The molecule has 1 heterocycles. The summed E-state index contributed by atoms with van der Waals surface area (Å²) in [6.07, 6.45) is 2.01. The van der Waals surface area contributed by atoms with Crippen molar-refractivity contribution in [1.82, 2.24) is 4.90 Å².